The number of ketones is 1. The van der Waals surface area contributed by atoms with Gasteiger partial charge in [-0.25, -0.2) is 0 Å². The first-order valence-electron chi connectivity index (χ1n) is 5.60. The van der Waals surface area contributed by atoms with Crippen molar-refractivity contribution in [2.24, 2.45) is 5.92 Å². The summed E-state index contributed by atoms with van der Waals surface area (Å²) in [4.78, 5) is 23.0. The number of hydrogen-bond acceptors (Lipinski definition) is 2. The van der Waals surface area contributed by atoms with Crippen LogP contribution in [0.15, 0.2) is 0 Å². The van der Waals surface area contributed by atoms with Gasteiger partial charge < -0.3 is 5.32 Å². The number of rotatable bonds is 2. The number of carbonyl (C=O) groups excluding carboxylic acids is 2. The number of carbonyl (C=O) groups is 2. The molecule has 0 heterocycles. The van der Waals surface area contributed by atoms with Crippen LogP contribution in [0.2, 0.25) is 0 Å². The fourth-order valence-corrected chi connectivity index (χ4v) is 2.45. The molecule has 0 aromatic heterocycles. The van der Waals surface area contributed by atoms with Gasteiger partial charge in [-0.15, -0.1) is 0 Å². The van der Waals surface area contributed by atoms with Gasteiger partial charge in [0.05, 0.1) is 6.04 Å². The highest BCUT2D eigenvalue weighted by Crippen LogP contribution is 2.25. The Labute approximate surface area is 84.2 Å². The maximum Gasteiger partial charge on any atom is 0.223 e. The molecule has 2 saturated carbocycles. The molecule has 0 bridgehead atoms. The molecule has 0 radical (unpaired) electrons. The molecule has 1 atom stereocenters. The van der Waals surface area contributed by atoms with Crippen LogP contribution in [0.5, 0.6) is 0 Å². The first-order valence-corrected chi connectivity index (χ1v) is 5.60. The monoisotopic (exact) mass is 195 g/mol. The Hall–Kier alpha value is -0.860. The van der Waals surface area contributed by atoms with E-state index in [1.807, 2.05) is 0 Å². The van der Waals surface area contributed by atoms with Gasteiger partial charge in [0.15, 0.2) is 5.78 Å². The highest BCUT2D eigenvalue weighted by atomic mass is 16.2. The second-order valence-corrected chi connectivity index (χ2v) is 4.40. The molecule has 3 nitrogen and oxygen atoms in total. The number of amides is 1. The van der Waals surface area contributed by atoms with Crippen molar-refractivity contribution in [3.8, 4) is 0 Å². The molecule has 0 aliphatic heterocycles. The van der Waals surface area contributed by atoms with E-state index in [0.717, 1.165) is 38.5 Å². The molecule has 78 valence electrons. The normalized spacial score (nSPS) is 28.3. The molecule has 3 heteroatoms. The van der Waals surface area contributed by atoms with Crippen molar-refractivity contribution in [3.63, 3.8) is 0 Å². The van der Waals surface area contributed by atoms with Gasteiger partial charge in [-0.2, -0.15) is 0 Å². The minimum atomic E-state index is -0.164. The molecule has 0 spiro atoms. The van der Waals surface area contributed by atoms with Gasteiger partial charge in [0.1, 0.15) is 0 Å². The lowest BCUT2D eigenvalue weighted by molar-refractivity contribution is -0.129. The van der Waals surface area contributed by atoms with Crippen molar-refractivity contribution < 1.29 is 9.59 Å². The van der Waals surface area contributed by atoms with Gasteiger partial charge >= 0.3 is 0 Å². The third-order valence-corrected chi connectivity index (χ3v) is 3.35. The summed E-state index contributed by atoms with van der Waals surface area (Å²) >= 11 is 0. The molecular formula is C11H17NO2. The molecule has 1 unspecified atom stereocenters. The molecule has 0 aromatic carbocycles. The molecule has 1 amide bonds. The van der Waals surface area contributed by atoms with Gasteiger partial charge in [0, 0.05) is 12.3 Å². The predicted molar refractivity (Wildman–Crippen MR) is 52.7 cm³/mol. The molecule has 2 fully saturated rings. The molecule has 1 N–H and O–H groups in total. The Morgan fingerprint density at radius 1 is 1.14 bits per heavy atom. The van der Waals surface area contributed by atoms with Crippen molar-refractivity contribution in [1.29, 1.82) is 0 Å². The molecule has 2 aliphatic carbocycles. The Balaban J connectivity index is 1.84. The van der Waals surface area contributed by atoms with Crippen molar-refractivity contribution in [3.05, 3.63) is 0 Å². The summed E-state index contributed by atoms with van der Waals surface area (Å²) in [6.45, 7) is 0. The third-order valence-electron chi connectivity index (χ3n) is 3.35. The zero-order valence-electron chi connectivity index (χ0n) is 8.42. The molecule has 14 heavy (non-hydrogen) atoms. The largest absolute Gasteiger partial charge is 0.346 e. The highest BCUT2D eigenvalue weighted by Gasteiger charge is 2.29. The van der Waals surface area contributed by atoms with E-state index in [-0.39, 0.29) is 23.7 Å². The van der Waals surface area contributed by atoms with Crippen LogP contribution in [0.4, 0.5) is 0 Å². The summed E-state index contributed by atoms with van der Waals surface area (Å²) in [6, 6.07) is -0.164. The lowest BCUT2D eigenvalue weighted by Gasteiger charge is -2.14. The van der Waals surface area contributed by atoms with Crippen LogP contribution in [0.25, 0.3) is 0 Å². The van der Waals surface area contributed by atoms with Gasteiger partial charge in [0.2, 0.25) is 5.91 Å². The Morgan fingerprint density at radius 3 is 2.43 bits per heavy atom. The Kier molecular flexibility index (Phi) is 2.85. The van der Waals surface area contributed by atoms with Crippen LogP contribution in [0, 0.1) is 5.92 Å². The maximum atomic E-state index is 11.7. The molecule has 0 saturated heterocycles. The predicted octanol–water partition coefficient (Wildman–Crippen LogP) is 1.41. The maximum absolute atomic E-state index is 11.7. The standard InChI is InChI=1S/C11H17NO2/c13-10-7-3-6-9(10)12-11(14)8-4-1-2-5-8/h8-9H,1-7H2,(H,12,14). The fraction of sp³-hybridized carbons (Fsp3) is 0.818. The quantitative estimate of drug-likeness (QED) is 0.724. The van der Waals surface area contributed by atoms with E-state index in [0.29, 0.717) is 6.42 Å². The van der Waals surface area contributed by atoms with Crippen molar-refractivity contribution in [1.82, 2.24) is 5.32 Å². The first-order chi connectivity index (χ1) is 6.77. The van der Waals surface area contributed by atoms with Gasteiger partial charge in [-0.1, -0.05) is 12.8 Å². The molecular weight excluding hydrogens is 178 g/mol. The molecule has 2 rings (SSSR count). The average molecular weight is 195 g/mol. The summed E-state index contributed by atoms with van der Waals surface area (Å²) in [5, 5.41) is 2.88. The number of hydrogen-bond donors (Lipinski definition) is 1. The van der Waals surface area contributed by atoms with Crippen molar-refractivity contribution >= 4 is 11.7 Å². The summed E-state index contributed by atoms with van der Waals surface area (Å²) in [7, 11) is 0. The highest BCUT2D eigenvalue weighted by molar-refractivity contribution is 5.91. The van der Waals surface area contributed by atoms with Crippen LogP contribution in [0.1, 0.15) is 44.9 Å². The van der Waals surface area contributed by atoms with Crippen LogP contribution in [0.3, 0.4) is 0 Å². The summed E-state index contributed by atoms with van der Waals surface area (Å²) < 4.78 is 0. The van der Waals surface area contributed by atoms with E-state index in [1.165, 1.54) is 0 Å². The summed E-state index contributed by atoms with van der Waals surface area (Å²) in [5.74, 6) is 0.516. The van der Waals surface area contributed by atoms with E-state index in [1.54, 1.807) is 0 Å². The zero-order chi connectivity index (χ0) is 9.97. The van der Waals surface area contributed by atoms with E-state index in [2.05, 4.69) is 5.32 Å². The summed E-state index contributed by atoms with van der Waals surface area (Å²) in [6.07, 6.45) is 6.77. The first kappa shape index (κ1) is 9.69. The average Bonchev–Trinajstić information content (AvgIpc) is 2.77. The fourth-order valence-electron chi connectivity index (χ4n) is 2.45. The Bertz CT molecular complexity index is 244. The van der Waals surface area contributed by atoms with Crippen LogP contribution < -0.4 is 5.32 Å². The Morgan fingerprint density at radius 2 is 1.86 bits per heavy atom. The van der Waals surface area contributed by atoms with E-state index in [4.69, 9.17) is 0 Å². The minimum absolute atomic E-state index is 0.114. The van der Waals surface area contributed by atoms with Gasteiger partial charge in [-0.05, 0) is 25.7 Å². The molecule has 0 aromatic rings. The van der Waals surface area contributed by atoms with Crippen molar-refractivity contribution in [2.75, 3.05) is 0 Å². The summed E-state index contributed by atoms with van der Waals surface area (Å²) in [5.41, 5.74) is 0. The van der Waals surface area contributed by atoms with E-state index >= 15 is 0 Å². The van der Waals surface area contributed by atoms with Gasteiger partial charge in [0.25, 0.3) is 0 Å². The van der Waals surface area contributed by atoms with Crippen LogP contribution in [-0.2, 0) is 9.59 Å². The van der Waals surface area contributed by atoms with Crippen molar-refractivity contribution in [2.45, 2.75) is 51.0 Å². The molecule has 2 aliphatic rings. The van der Waals surface area contributed by atoms with Gasteiger partial charge in [-0.3, -0.25) is 9.59 Å². The van der Waals surface area contributed by atoms with Crippen LogP contribution >= 0.6 is 0 Å². The topological polar surface area (TPSA) is 46.2 Å². The van der Waals surface area contributed by atoms with Crippen LogP contribution in [-0.4, -0.2) is 17.7 Å². The third kappa shape index (κ3) is 1.97. The lowest BCUT2D eigenvalue weighted by Crippen LogP contribution is -2.40. The van der Waals surface area contributed by atoms with E-state index in [9.17, 15) is 9.59 Å². The second-order valence-electron chi connectivity index (χ2n) is 4.40. The second kappa shape index (κ2) is 4.11. The lowest BCUT2D eigenvalue weighted by atomic mass is 10.1. The smallest absolute Gasteiger partial charge is 0.223 e. The zero-order valence-corrected chi connectivity index (χ0v) is 8.42. The van der Waals surface area contributed by atoms with E-state index < -0.39 is 0 Å². The number of nitrogens with one attached hydrogen (secondary N) is 1. The SMILES string of the molecule is O=C(NC1CCCC1=O)C1CCCC1. The minimum Gasteiger partial charge on any atom is -0.346 e. The number of Topliss-reactive ketones (excluding diaryl/α,β-unsaturated/α-hetero) is 1.